The molecule has 5 heteroatoms. The second-order valence-corrected chi connectivity index (χ2v) is 4.57. The van der Waals surface area contributed by atoms with Gasteiger partial charge in [0.1, 0.15) is 0 Å². The molecule has 1 rings (SSSR count). The van der Waals surface area contributed by atoms with Crippen LogP contribution in [0.5, 0.6) is 0 Å². The Morgan fingerprint density at radius 3 is 2.39 bits per heavy atom. The van der Waals surface area contributed by atoms with E-state index in [-0.39, 0.29) is 16.1 Å². The maximum atomic E-state index is 10.8. The van der Waals surface area contributed by atoms with Crippen molar-refractivity contribution in [3.63, 3.8) is 0 Å². The van der Waals surface area contributed by atoms with Gasteiger partial charge in [-0.05, 0) is 31.9 Å². The lowest BCUT2D eigenvalue weighted by Crippen LogP contribution is -2.44. The second kappa shape index (κ2) is 5.82. The van der Waals surface area contributed by atoms with E-state index in [0.717, 1.165) is 18.5 Å². The summed E-state index contributed by atoms with van der Waals surface area (Å²) in [7, 11) is 0. The summed E-state index contributed by atoms with van der Waals surface area (Å²) in [5.41, 5.74) is 7.37. The topological polar surface area (TPSA) is 81.2 Å². The van der Waals surface area contributed by atoms with E-state index in [1.54, 1.807) is 19.1 Å². The van der Waals surface area contributed by atoms with Gasteiger partial charge in [0.15, 0.2) is 0 Å². The lowest BCUT2D eigenvalue weighted by Gasteiger charge is -2.32. The van der Waals surface area contributed by atoms with Crippen molar-refractivity contribution in [3.8, 4) is 0 Å². The molecule has 0 aliphatic carbocycles. The SMILES string of the molecule is CCC(CC)(CN)Nc1ccc([N+](=O)[O-])c(C)c1. The number of nitrogens with two attached hydrogens (primary N) is 1. The number of rotatable bonds is 6. The highest BCUT2D eigenvalue weighted by molar-refractivity contribution is 5.54. The fraction of sp³-hybridized carbons (Fsp3) is 0.538. The highest BCUT2D eigenvalue weighted by atomic mass is 16.6. The molecule has 100 valence electrons. The van der Waals surface area contributed by atoms with Gasteiger partial charge in [-0.2, -0.15) is 0 Å². The van der Waals surface area contributed by atoms with Crippen molar-refractivity contribution in [2.45, 2.75) is 39.2 Å². The van der Waals surface area contributed by atoms with Crippen molar-refractivity contribution in [2.75, 3.05) is 11.9 Å². The zero-order chi connectivity index (χ0) is 13.8. The van der Waals surface area contributed by atoms with Gasteiger partial charge in [0.25, 0.3) is 5.69 Å². The van der Waals surface area contributed by atoms with E-state index in [1.807, 2.05) is 0 Å². The minimum absolute atomic E-state index is 0.136. The van der Waals surface area contributed by atoms with Gasteiger partial charge in [0.05, 0.1) is 4.92 Å². The van der Waals surface area contributed by atoms with Gasteiger partial charge in [-0.1, -0.05) is 13.8 Å². The molecule has 3 N–H and O–H groups in total. The van der Waals surface area contributed by atoms with Crippen molar-refractivity contribution in [2.24, 2.45) is 5.73 Å². The van der Waals surface area contributed by atoms with Crippen LogP contribution in [-0.2, 0) is 0 Å². The predicted octanol–water partition coefficient (Wildman–Crippen LogP) is 2.83. The third-order valence-electron chi connectivity index (χ3n) is 3.55. The molecule has 1 aromatic rings. The molecule has 0 fully saturated rings. The van der Waals surface area contributed by atoms with Crippen LogP contribution in [0.25, 0.3) is 0 Å². The fourth-order valence-electron chi connectivity index (χ4n) is 2.01. The summed E-state index contributed by atoms with van der Waals surface area (Å²) in [6, 6.07) is 5.07. The van der Waals surface area contributed by atoms with E-state index in [4.69, 9.17) is 5.73 Å². The first-order valence-corrected chi connectivity index (χ1v) is 6.21. The average molecular weight is 251 g/mol. The monoisotopic (exact) mass is 251 g/mol. The second-order valence-electron chi connectivity index (χ2n) is 4.57. The van der Waals surface area contributed by atoms with Crippen LogP contribution in [0.3, 0.4) is 0 Å². The quantitative estimate of drug-likeness (QED) is 0.601. The molecule has 0 atom stereocenters. The molecule has 0 heterocycles. The fourth-order valence-corrected chi connectivity index (χ4v) is 2.01. The van der Waals surface area contributed by atoms with Crippen LogP contribution in [-0.4, -0.2) is 17.0 Å². The lowest BCUT2D eigenvalue weighted by atomic mass is 9.92. The number of aryl methyl sites for hydroxylation is 1. The summed E-state index contributed by atoms with van der Waals surface area (Å²) in [5, 5.41) is 14.2. The standard InChI is InChI=1S/C13H21N3O2/c1-4-13(5-2,9-14)15-11-6-7-12(16(17)18)10(3)8-11/h6-8,15H,4-5,9,14H2,1-3H3. The number of benzene rings is 1. The summed E-state index contributed by atoms with van der Waals surface area (Å²) in [6.07, 6.45) is 1.83. The summed E-state index contributed by atoms with van der Waals surface area (Å²) in [5.74, 6) is 0. The highest BCUT2D eigenvalue weighted by Gasteiger charge is 2.24. The van der Waals surface area contributed by atoms with E-state index in [9.17, 15) is 10.1 Å². The molecule has 0 saturated heterocycles. The molecule has 1 aromatic carbocycles. The summed E-state index contributed by atoms with van der Waals surface area (Å²) >= 11 is 0. The molecule has 5 nitrogen and oxygen atoms in total. The zero-order valence-corrected chi connectivity index (χ0v) is 11.2. The number of nitro benzene ring substituents is 1. The Labute approximate surface area is 108 Å². The van der Waals surface area contributed by atoms with Crippen LogP contribution < -0.4 is 11.1 Å². The van der Waals surface area contributed by atoms with Crippen molar-refractivity contribution in [1.29, 1.82) is 0 Å². The Bertz CT molecular complexity index is 420. The molecule has 0 aromatic heterocycles. The smallest absolute Gasteiger partial charge is 0.272 e. The van der Waals surface area contributed by atoms with Crippen molar-refractivity contribution in [1.82, 2.24) is 0 Å². The van der Waals surface area contributed by atoms with Crippen LogP contribution >= 0.6 is 0 Å². The number of hydrogen-bond acceptors (Lipinski definition) is 4. The Morgan fingerprint density at radius 2 is 2.00 bits per heavy atom. The average Bonchev–Trinajstić information content (AvgIpc) is 2.36. The van der Waals surface area contributed by atoms with Crippen LogP contribution in [0.15, 0.2) is 18.2 Å². The van der Waals surface area contributed by atoms with Crippen LogP contribution in [0, 0.1) is 17.0 Å². The molecule has 0 aliphatic heterocycles. The Hall–Kier alpha value is -1.62. The van der Waals surface area contributed by atoms with Crippen molar-refractivity contribution < 1.29 is 4.92 Å². The van der Waals surface area contributed by atoms with E-state index in [2.05, 4.69) is 19.2 Å². The number of nitrogens with zero attached hydrogens (tertiary/aromatic N) is 1. The van der Waals surface area contributed by atoms with Crippen LogP contribution in [0.1, 0.15) is 32.3 Å². The molecule has 0 saturated carbocycles. The lowest BCUT2D eigenvalue weighted by molar-refractivity contribution is -0.385. The molecule has 0 unspecified atom stereocenters. The van der Waals surface area contributed by atoms with E-state index < -0.39 is 0 Å². The molecule has 0 bridgehead atoms. The summed E-state index contributed by atoms with van der Waals surface area (Å²) in [4.78, 5) is 10.4. The molecule has 0 radical (unpaired) electrons. The largest absolute Gasteiger partial charge is 0.378 e. The molecular formula is C13H21N3O2. The normalized spacial score (nSPS) is 11.3. The Kier molecular flexibility index (Phi) is 4.67. The molecule has 18 heavy (non-hydrogen) atoms. The maximum Gasteiger partial charge on any atom is 0.272 e. The summed E-state index contributed by atoms with van der Waals surface area (Å²) < 4.78 is 0. The number of nitrogens with one attached hydrogen (secondary N) is 1. The zero-order valence-electron chi connectivity index (χ0n) is 11.2. The van der Waals surface area contributed by atoms with E-state index >= 15 is 0 Å². The number of nitro groups is 1. The van der Waals surface area contributed by atoms with Crippen molar-refractivity contribution >= 4 is 11.4 Å². The van der Waals surface area contributed by atoms with Gasteiger partial charge < -0.3 is 11.1 Å². The highest BCUT2D eigenvalue weighted by Crippen LogP contribution is 2.26. The molecule has 0 aliphatic rings. The first-order valence-electron chi connectivity index (χ1n) is 6.21. The van der Waals surface area contributed by atoms with Gasteiger partial charge in [-0.25, -0.2) is 0 Å². The van der Waals surface area contributed by atoms with E-state index in [1.165, 1.54) is 6.07 Å². The first-order chi connectivity index (χ1) is 8.48. The minimum atomic E-state index is -0.366. The van der Waals surface area contributed by atoms with Gasteiger partial charge in [-0.3, -0.25) is 10.1 Å². The molecule has 0 amide bonds. The Balaban J connectivity index is 2.98. The van der Waals surface area contributed by atoms with Gasteiger partial charge >= 0.3 is 0 Å². The maximum absolute atomic E-state index is 10.8. The molecular weight excluding hydrogens is 230 g/mol. The number of anilines is 1. The minimum Gasteiger partial charge on any atom is -0.378 e. The van der Waals surface area contributed by atoms with Crippen LogP contribution in [0.4, 0.5) is 11.4 Å². The van der Waals surface area contributed by atoms with Gasteiger partial charge in [-0.15, -0.1) is 0 Å². The number of hydrogen-bond donors (Lipinski definition) is 2. The Morgan fingerprint density at radius 1 is 1.39 bits per heavy atom. The molecule has 0 spiro atoms. The van der Waals surface area contributed by atoms with Crippen LogP contribution in [0.2, 0.25) is 0 Å². The predicted molar refractivity (Wildman–Crippen MR) is 73.8 cm³/mol. The van der Waals surface area contributed by atoms with Gasteiger partial charge in [0, 0.05) is 29.4 Å². The van der Waals surface area contributed by atoms with Crippen molar-refractivity contribution in [3.05, 3.63) is 33.9 Å². The van der Waals surface area contributed by atoms with Gasteiger partial charge in [0.2, 0.25) is 0 Å². The van der Waals surface area contributed by atoms with E-state index in [0.29, 0.717) is 12.1 Å². The third kappa shape index (κ3) is 2.98. The third-order valence-corrected chi connectivity index (χ3v) is 3.55. The first kappa shape index (κ1) is 14.4. The summed E-state index contributed by atoms with van der Waals surface area (Å²) in [6.45, 7) is 6.45.